The van der Waals surface area contributed by atoms with Crippen LogP contribution in [-0.2, 0) is 5.54 Å². The lowest BCUT2D eigenvalue weighted by Gasteiger charge is -2.61. The van der Waals surface area contributed by atoms with Gasteiger partial charge in [-0.1, -0.05) is 22.1 Å². The Hall–Kier alpha value is -2.48. The number of nitrogens with one attached hydrogen (secondary N) is 2. The van der Waals surface area contributed by atoms with Gasteiger partial charge in [-0.3, -0.25) is 14.5 Å². The highest BCUT2D eigenvalue weighted by Gasteiger charge is 2.64. The lowest BCUT2D eigenvalue weighted by Crippen LogP contribution is -2.65. The maximum atomic E-state index is 15.1. The topological polar surface area (TPSA) is 126 Å². The highest BCUT2D eigenvalue weighted by molar-refractivity contribution is 8.29. The number of anilines is 1. The second-order valence-electron chi connectivity index (χ2n) is 9.12. The molecule has 2 aliphatic rings. The molecule has 1 amide bonds. The molecule has 0 bridgehead atoms. The molecular formula is C21H23ClF4N6O2S. The molecule has 3 atom stereocenters. The summed E-state index contributed by atoms with van der Waals surface area (Å²) in [5.74, 6) is -5.91. The van der Waals surface area contributed by atoms with Crippen molar-refractivity contribution in [2.24, 2.45) is 10.7 Å². The number of hydrogen-bond acceptors (Lipinski definition) is 7. The molecule has 35 heavy (non-hydrogen) atoms. The van der Waals surface area contributed by atoms with E-state index in [2.05, 4.69) is 25.0 Å². The SMILES string of the molecule is CC1(C)C(N)=N[C@](C)(c2nc(NC(=O)c3ncc(F)cc3Cl)ccc2F)[C@H]2CC(F)(F)CNS21O. The van der Waals surface area contributed by atoms with E-state index in [0.29, 0.717) is 0 Å². The molecule has 1 fully saturated rings. The summed E-state index contributed by atoms with van der Waals surface area (Å²) in [5.41, 5.74) is 3.69. The first kappa shape index (κ1) is 25.6. The van der Waals surface area contributed by atoms with Gasteiger partial charge in [-0.2, -0.15) is 0 Å². The molecule has 5 N–H and O–H groups in total. The van der Waals surface area contributed by atoms with Crippen LogP contribution < -0.4 is 15.8 Å². The Balaban J connectivity index is 1.79. The molecule has 4 rings (SSSR count). The van der Waals surface area contributed by atoms with E-state index in [0.717, 1.165) is 24.4 Å². The number of nitrogens with zero attached hydrogens (tertiary/aromatic N) is 3. The fraction of sp³-hybridized carbons (Fsp3) is 0.429. The Morgan fingerprint density at radius 3 is 2.66 bits per heavy atom. The van der Waals surface area contributed by atoms with E-state index in [9.17, 15) is 22.5 Å². The van der Waals surface area contributed by atoms with Crippen molar-refractivity contribution in [1.29, 1.82) is 0 Å². The second-order valence-corrected chi connectivity index (χ2v) is 12.7. The molecule has 0 spiro atoms. The minimum absolute atomic E-state index is 0.0515. The molecule has 0 aromatic carbocycles. The van der Waals surface area contributed by atoms with Crippen LogP contribution in [0.25, 0.3) is 0 Å². The number of carbonyl (C=O) groups excluding carboxylic acids is 1. The minimum Gasteiger partial charge on any atom is -0.386 e. The number of nitrogens with two attached hydrogens (primary N) is 1. The smallest absolute Gasteiger partial charge is 0.276 e. The number of hydrogen-bond donors (Lipinski definition) is 4. The Morgan fingerprint density at radius 2 is 2.00 bits per heavy atom. The number of halogens is 5. The van der Waals surface area contributed by atoms with Gasteiger partial charge in [-0.25, -0.2) is 27.5 Å². The fourth-order valence-electron chi connectivity index (χ4n) is 4.29. The molecule has 14 heteroatoms. The third-order valence-electron chi connectivity index (χ3n) is 6.41. The summed E-state index contributed by atoms with van der Waals surface area (Å²) in [7, 11) is -3.08. The number of pyridine rings is 2. The van der Waals surface area contributed by atoms with E-state index >= 15 is 4.39 Å². The van der Waals surface area contributed by atoms with Crippen LogP contribution >= 0.6 is 22.1 Å². The maximum absolute atomic E-state index is 15.1. The predicted octanol–water partition coefficient (Wildman–Crippen LogP) is 4.21. The van der Waals surface area contributed by atoms with Gasteiger partial charge in [-0.05, 0) is 39.0 Å². The van der Waals surface area contributed by atoms with Gasteiger partial charge in [0.25, 0.3) is 11.8 Å². The van der Waals surface area contributed by atoms with Crippen LogP contribution in [0.3, 0.4) is 0 Å². The van der Waals surface area contributed by atoms with Crippen LogP contribution in [0.15, 0.2) is 29.4 Å². The summed E-state index contributed by atoms with van der Waals surface area (Å²) in [5, 5.41) is 0.864. The molecule has 0 saturated carbocycles. The molecule has 4 heterocycles. The van der Waals surface area contributed by atoms with Crippen LogP contribution in [0.4, 0.5) is 23.4 Å². The summed E-state index contributed by atoms with van der Waals surface area (Å²) in [6.45, 7) is 3.78. The Bertz CT molecular complexity index is 1250. The number of aromatic nitrogens is 2. The predicted molar refractivity (Wildman–Crippen MR) is 126 cm³/mol. The lowest BCUT2D eigenvalue weighted by molar-refractivity contribution is -0.0148. The number of fused-ring (bicyclic) bond motifs is 1. The normalized spacial score (nSPS) is 31.0. The number of alkyl halides is 2. The van der Waals surface area contributed by atoms with E-state index in [1.54, 1.807) is 13.8 Å². The van der Waals surface area contributed by atoms with Gasteiger partial charge < -0.3 is 15.6 Å². The van der Waals surface area contributed by atoms with Crippen LogP contribution in [-0.4, -0.2) is 48.7 Å². The van der Waals surface area contributed by atoms with Crippen molar-refractivity contribution in [1.82, 2.24) is 14.7 Å². The molecule has 0 radical (unpaired) electrons. The molecular weight excluding hydrogens is 512 g/mol. The van der Waals surface area contributed by atoms with Gasteiger partial charge >= 0.3 is 0 Å². The van der Waals surface area contributed by atoms with Crippen molar-refractivity contribution in [3.05, 3.63) is 52.4 Å². The number of amides is 1. The summed E-state index contributed by atoms with van der Waals surface area (Å²) < 4.78 is 70.4. The first-order valence-corrected chi connectivity index (χ1v) is 12.5. The zero-order valence-corrected chi connectivity index (χ0v) is 20.4. The van der Waals surface area contributed by atoms with Gasteiger partial charge in [0, 0.05) is 6.42 Å². The van der Waals surface area contributed by atoms with E-state index in [-0.39, 0.29) is 28.1 Å². The monoisotopic (exact) mass is 534 g/mol. The quantitative estimate of drug-likeness (QED) is 0.437. The van der Waals surface area contributed by atoms with Crippen molar-refractivity contribution in [3.8, 4) is 0 Å². The number of amidine groups is 1. The standard InChI is InChI=1S/C21H23ClF4N6O2S/c1-19(2)18(27)32-20(3,13-7-21(25,26)9-29-35(13,19)34)16-12(24)4-5-14(30-16)31-17(33)15-11(22)6-10(23)8-28-15/h4-6,8,13,29,34H,7,9H2,1-3H3,(H2,27,32)(H,30,31,33)/t13-,20+/m1/s1. The highest BCUT2D eigenvalue weighted by atomic mass is 35.5. The Labute approximate surface area is 205 Å². The first-order chi connectivity index (χ1) is 16.1. The van der Waals surface area contributed by atoms with E-state index in [4.69, 9.17) is 17.3 Å². The van der Waals surface area contributed by atoms with Crippen LogP contribution in [0.5, 0.6) is 0 Å². The van der Waals surface area contributed by atoms with Gasteiger partial charge in [0.1, 0.15) is 40.2 Å². The van der Waals surface area contributed by atoms with Crippen LogP contribution in [0.1, 0.15) is 43.4 Å². The second kappa shape index (κ2) is 8.29. The van der Waals surface area contributed by atoms with Crippen molar-refractivity contribution >= 4 is 39.7 Å². The summed E-state index contributed by atoms with van der Waals surface area (Å²) in [4.78, 5) is 24.8. The average molecular weight is 535 g/mol. The largest absolute Gasteiger partial charge is 0.386 e. The summed E-state index contributed by atoms with van der Waals surface area (Å²) >= 11 is 5.87. The summed E-state index contributed by atoms with van der Waals surface area (Å²) in [6.07, 6.45) is 0.0157. The zero-order chi connectivity index (χ0) is 26.0. The van der Waals surface area contributed by atoms with Crippen molar-refractivity contribution in [2.45, 2.75) is 48.7 Å². The Morgan fingerprint density at radius 1 is 1.31 bits per heavy atom. The van der Waals surface area contributed by atoms with Gasteiger partial charge in [0.05, 0.1) is 27.8 Å². The third-order valence-corrected chi connectivity index (χ3v) is 10.5. The zero-order valence-electron chi connectivity index (χ0n) is 18.9. The van der Waals surface area contributed by atoms with Crippen molar-refractivity contribution < 1.29 is 26.9 Å². The van der Waals surface area contributed by atoms with E-state index in [1.807, 2.05) is 0 Å². The molecule has 2 aliphatic heterocycles. The van der Waals surface area contributed by atoms with Gasteiger partial charge in [0.15, 0.2) is 0 Å². The van der Waals surface area contributed by atoms with Crippen LogP contribution in [0.2, 0.25) is 5.02 Å². The number of carbonyl (C=O) groups is 1. The number of rotatable bonds is 3. The molecule has 1 saturated heterocycles. The Kier molecular flexibility index (Phi) is 6.06. The van der Waals surface area contributed by atoms with E-state index in [1.165, 1.54) is 6.92 Å². The third kappa shape index (κ3) is 4.13. The van der Waals surface area contributed by atoms with Gasteiger partial charge in [-0.15, -0.1) is 0 Å². The number of aliphatic imine (C=N–C) groups is 1. The average Bonchev–Trinajstić information content (AvgIpc) is 2.75. The maximum Gasteiger partial charge on any atom is 0.276 e. The van der Waals surface area contributed by atoms with Crippen molar-refractivity contribution in [2.75, 3.05) is 11.9 Å². The lowest BCUT2D eigenvalue weighted by atomic mass is 9.88. The molecule has 190 valence electrons. The first-order valence-electron chi connectivity index (χ1n) is 10.4. The fourth-order valence-corrected chi connectivity index (χ4v) is 7.91. The van der Waals surface area contributed by atoms with E-state index < -0.39 is 62.5 Å². The van der Waals surface area contributed by atoms with Crippen LogP contribution in [0, 0.1) is 11.6 Å². The highest BCUT2D eigenvalue weighted by Crippen LogP contribution is 2.67. The molecule has 8 nitrogen and oxygen atoms in total. The van der Waals surface area contributed by atoms with Crippen molar-refractivity contribution in [3.63, 3.8) is 0 Å². The van der Waals surface area contributed by atoms with Gasteiger partial charge in [0.2, 0.25) is 0 Å². The minimum atomic E-state index is -3.20. The molecule has 2 aromatic rings. The molecule has 1 unspecified atom stereocenters. The molecule has 0 aliphatic carbocycles. The molecule has 2 aromatic heterocycles. The summed E-state index contributed by atoms with van der Waals surface area (Å²) in [6, 6.07) is 3.02.